The van der Waals surface area contributed by atoms with Crippen LogP contribution in [0.25, 0.3) is 21.9 Å². The van der Waals surface area contributed by atoms with E-state index < -0.39 is 0 Å². The maximum absolute atomic E-state index is 6.10. The van der Waals surface area contributed by atoms with E-state index in [-0.39, 0.29) is 0 Å². The van der Waals surface area contributed by atoms with E-state index in [4.69, 9.17) is 4.42 Å². The van der Waals surface area contributed by atoms with Gasteiger partial charge in [0, 0.05) is 26.7 Å². The van der Waals surface area contributed by atoms with Gasteiger partial charge in [-0.3, -0.25) is 0 Å². The highest BCUT2D eigenvalue weighted by Crippen LogP contribution is 2.37. The molecule has 1 atom stereocenters. The van der Waals surface area contributed by atoms with Crippen LogP contribution in [0.1, 0.15) is 17.9 Å². The van der Waals surface area contributed by atoms with Crippen molar-refractivity contribution in [1.29, 1.82) is 0 Å². The van der Waals surface area contributed by atoms with Crippen molar-refractivity contribution in [1.82, 2.24) is 0 Å². The number of rotatable bonds is 1. The Balaban J connectivity index is 1.98. The number of para-hydroxylation sites is 2. The molecule has 1 unspecified atom stereocenters. The van der Waals surface area contributed by atoms with Crippen LogP contribution in [0, 0.1) is 0 Å². The van der Waals surface area contributed by atoms with Gasteiger partial charge in [-0.2, -0.15) is 0 Å². The van der Waals surface area contributed by atoms with Gasteiger partial charge in [-0.1, -0.05) is 70.6 Å². The van der Waals surface area contributed by atoms with E-state index in [1.807, 2.05) is 12.1 Å². The SMILES string of the molecule is BrC1=CC(c2cccc3c2oc2ccccc23)CC=C1. The Hall–Kier alpha value is -1.80. The highest BCUT2D eigenvalue weighted by atomic mass is 79.9. The van der Waals surface area contributed by atoms with E-state index in [0.717, 1.165) is 22.1 Å². The second-order valence-electron chi connectivity index (χ2n) is 5.12. The van der Waals surface area contributed by atoms with Gasteiger partial charge in [-0.15, -0.1) is 0 Å². The lowest BCUT2D eigenvalue weighted by Gasteiger charge is -2.15. The third-order valence-corrected chi connectivity index (χ3v) is 4.39. The normalized spacial score (nSPS) is 18.6. The zero-order valence-electron chi connectivity index (χ0n) is 10.8. The molecule has 1 aromatic heterocycles. The molecule has 0 N–H and O–H groups in total. The Kier molecular flexibility index (Phi) is 2.78. The molecular weight excluding hydrogens is 312 g/mol. The Labute approximate surface area is 125 Å². The summed E-state index contributed by atoms with van der Waals surface area (Å²) in [5, 5.41) is 2.40. The van der Waals surface area contributed by atoms with Crippen LogP contribution in [0.3, 0.4) is 0 Å². The molecule has 1 nitrogen and oxygen atoms in total. The van der Waals surface area contributed by atoms with Crippen molar-refractivity contribution in [3.63, 3.8) is 0 Å². The van der Waals surface area contributed by atoms with Crippen molar-refractivity contribution >= 4 is 37.9 Å². The molecule has 4 rings (SSSR count). The topological polar surface area (TPSA) is 13.1 Å². The van der Waals surface area contributed by atoms with Gasteiger partial charge in [0.1, 0.15) is 11.2 Å². The molecule has 0 spiro atoms. The van der Waals surface area contributed by atoms with Crippen LogP contribution in [0.5, 0.6) is 0 Å². The number of hydrogen-bond acceptors (Lipinski definition) is 1. The molecule has 20 heavy (non-hydrogen) atoms. The molecule has 3 aromatic rings. The summed E-state index contributed by atoms with van der Waals surface area (Å²) < 4.78 is 7.24. The van der Waals surface area contributed by atoms with E-state index in [9.17, 15) is 0 Å². The molecular formula is C18H13BrO. The van der Waals surface area contributed by atoms with E-state index in [0.29, 0.717) is 5.92 Å². The van der Waals surface area contributed by atoms with Crippen molar-refractivity contribution in [2.24, 2.45) is 0 Å². The summed E-state index contributed by atoms with van der Waals surface area (Å²) >= 11 is 3.57. The van der Waals surface area contributed by atoms with Crippen molar-refractivity contribution in [2.75, 3.05) is 0 Å². The highest BCUT2D eigenvalue weighted by Gasteiger charge is 2.17. The monoisotopic (exact) mass is 324 g/mol. The van der Waals surface area contributed by atoms with Gasteiger partial charge in [0.15, 0.2) is 0 Å². The number of fused-ring (bicyclic) bond motifs is 3. The van der Waals surface area contributed by atoms with E-state index >= 15 is 0 Å². The Morgan fingerprint density at radius 1 is 1.00 bits per heavy atom. The summed E-state index contributed by atoms with van der Waals surface area (Å²) in [5.74, 6) is 0.374. The van der Waals surface area contributed by atoms with Gasteiger partial charge in [-0.05, 0) is 12.5 Å². The van der Waals surface area contributed by atoms with Crippen LogP contribution >= 0.6 is 15.9 Å². The first-order chi connectivity index (χ1) is 9.83. The molecule has 0 bridgehead atoms. The number of furan rings is 1. The molecule has 1 heterocycles. The summed E-state index contributed by atoms with van der Waals surface area (Å²) in [7, 11) is 0. The van der Waals surface area contributed by atoms with Gasteiger partial charge in [0.2, 0.25) is 0 Å². The largest absolute Gasteiger partial charge is 0.456 e. The van der Waals surface area contributed by atoms with Crippen LogP contribution in [0.4, 0.5) is 0 Å². The first-order valence-corrected chi connectivity index (χ1v) is 7.56. The predicted molar refractivity (Wildman–Crippen MR) is 87.2 cm³/mol. The lowest BCUT2D eigenvalue weighted by atomic mass is 9.91. The molecule has 0 fully saturated rings. The van der Waals surface area contributed by atoms with E-state index in [1.54, 1.807) is 0 Å². The molecule has 1 aliphatic carbocycles. The van der Waals surface area contributed by atoms with Gasteiger partial charge >= 0.3 is 0 Å². The first kappa shape index (κ1) is 12.0. The molecule has 1 aliphatic rings. The lowest BCUT2D eigenvalue weighted by Crippen LogP contribution is -1.97. The molecule has 0 radical (unpaired) electrons. The smallest absolute Gasteiger partial charge is 0.139 e. The Bertz CT molecular complexity index is 854. The number of hydrogen-bond donors (Lipinski definition) is 0. The fourth-order valence-corrected chi connectivity index (χ4v) is 3.43. The Morgan fingerprint density at radius 3 is 2.75 bits per heavy atom. The molecule has 0 aliphatic heterocycles. The minimum Gasteiger partial charge on any atom is -0.456 e. The van der Waals surface area contributed by atoms with Crippen LogP contribution in [-0.2, 0) is 0 Å². The quantitative estimate of drug-likeness (QED) is 0.542. The van der Waals surface area contributed by atoms with Gasteiger partial charge < -0.3 is 4.42 Å². The summed E-state index contributed by atoms with van der Waals surface area (Å²) in [6, 6.07) is 14.7. The average Bonchev–Trinajstić information content (AvgIpc) is 2.86. The Morgan fingerprint density at radius 2 is 1.85 bits per heavy atom. The van der Waals surface area contributed by atoms with Crippen molar-refractivity contribution < 1.29 is 4.42 Å². The third-order valence-electron chi connectivity index (χ3n) is 3.86. The maximum Gasteiger partial charge on any atom is 0.139 e. The van der Waals surface area contributed by atoms with Crippen molar-refractivity contribution in [3.8, 4) is 0 Å². The fraction of sp³-hybridized carbons (Fsp3) is 0.111. The zero-order chi connectivity index (χ0) is 13.5. The maximum atomic E-state index is 6.10. The fourth-order valence-electron chi connectivity index (χ4n) is 2.92. The second kappa shape index (κ2) is 4.64. The summed E-state index contributed by atoms with van der Waals surface area (Å²) in [4.78, 5) is 0. The highest BCUT2D eigenvalue weighted by molar-refractivity contribution is 9.11. The molecule has 2 heteroatoms. The summed E-state index contributed by atoms with van der Waals surface area (Å²) in [5.41, 5.74) is 3.25. The van der Waals surface area contributed by atoms with Crippen LogP contribution in [-0.4, -0.2) is 0 Å². The van der Waals surface area contributed by atoms with E-state index in [1.165, 1.54) is 16.3 Å². The third kappa shape index (κ3) is 1.83. The number of halogens is 1. The molecule has 98 valence electrons. The summed E-state index contributed by atoms with van der Waals surface area (Å²) in [6.45, 7) is 0. The lowest BCUT2D eigenvalue weighted by molar-refractivity contribution is 0.657. The zero-order valence-corrected chi connectivity index (χ0v) is 12.4. The van der Waals surface area contributed by atoms with Gasteiger partial charge in [0.05, 0.1) is 0 Å². The second-order valence-corrected chi connectivity index (χ2v) is 6.03. The first-order valence-electron chi connectivity index (χ1n) is 6.77. The number of benzene rings is 2. The van der Waals surface area contributed by atoms with Gasteiger partial charge in [0.25, 0.3) is 0 Å². The van der Waals surface area contributed by atoms with Crippen molar-refractivity contribution in [2.45, 2.75) is 12.3 Å². The van der Waals surface area contributed by atoms with E-state index in [2.05, 4.69) is 64.5 Å². The number of allylic oxidation sites excluding steroid dienone is 4. The van der Waals surface area contributed by atoms with Crippen LogP contribution in [0.15, 0.2) is 69.6 Å². The molecule has 0 saturated heterocycles. The predicted octanol–water partition coefficient (Wildman–Crippen LogP) is 5.91. The van der Waals surface area contributed by atoms with Crippen LogP contribution < -0.4 is 0 Å². The summed E-state index contributed by atoms with van der Waals surface area (Å²) in [6.07, 6.45) is 7.58. The molecule has 2 aromatic carbocycles. The van der Waals surface area contributed by atoms with Gasteiger partial charge in [-0.25, -0.2) is 0 Å². The average molecular weight is 325 g/mol. The minimum absolute atomic E-state index is 0.374. The standard InChI is InChI=1S/C18H13BrO/c19-13-6-3-5-12(11-13)14-8-4-9-16-15-7-1-2-10-17(15)20-18(14)16/h1-4,6-12H,5H2. The van der Waals surface area contributed by atoms with Crippen molar-refractivity contribution in [3.05, 3.63) is 70.7 Å². The minimum atomic E-state index is 0.374. The molecule has 0 saturated carbocycles. The molecule has 0 amide bonds. The van der Waals surface area contributed by atoms with Crippen LogP contribution in [0.2, 0.25) is 0 Å².